The second-order valence-electron chi connectivity index (χ2n) is 6.76. The number of benzene rings is 1. The quantitative estimate of drug-likeness (QED) is 0.254. The molecule has 1 aromatic heterocycles. The largest absolute Gasteiger partial charge is 0.372 e. The SMILES string of the molecule is CCN(CCCNC(=NC)NCc1nnc2n1CCCC2)c1ccccc1.I. The van der Waals surface area contributed by atoms with E-state index in [4.69, 9.17) is 0 Å². The summed E-state index contributed by atoms with van der Waals surface area (Å²) >= 11 is 0. The minimum absolute atomic E-state index is 0. The van der Waals surface area contributed by atoms with Gasteiger partial charge in [0.25, 0.3) is 0 Å². The van der Waals surface area contributed by atoms with Crippen LogP contribution in [0.4, 0.5) is 5.69 Å². The first kappa shape index (κ1) is 22.4. The molecule has 1 aliphatic rings. The van der Waals surface area contributed by atoms with Crippen LogP contribution in [-0.2, 0) is 19.5 Å². The van der Waals surface area contributed by atoms with Crippen LogP contribution in [0.5, 0.6) is 0 Å². The zero-order valence-corrected chi connectivity index (χ0v) is 19.2. The van der Waals surface area contributed by atoms with E-state index in [1.165, 1.54) is 18.5 Å². The molecule has 28 heavy (non-hydrogen) atoms. The first-order valence-electron chi connectivity index (χ1n) is 9.97. The molecule has 1 aliphatic heterocycles. The normalized spacial score (nSPS) is 13.4. The maximum absolute atomic E-state index is 4.33. The molecule has 2 heterocycles. The van der Waals surface area contributed by atoms with Crippen LogP contribution in [0.25, 0.3) is 0 Å². The van der Waals surface area contributed by atoms with Crippen molar-refractivity contribution >= 4 is 35.6 Å². The van der Waals surface area contributed by atoms with E-state index in [0.717, 1.165) is 56.6 Å². The first-order valence-corrected chi connectivity index (χ1v) is 9.97. The standard InChI is InChI=1S/C20H31N7.HI/c1-3-26(17-10-5-4-6-11-17)14-9-13-22-20(21-2)23-16-19-25-24-18-12-7-8-15-27(18)19;/h4-6,10-11H,3,7-9,12-16H2,1-2H3,(H2,21,22,23);1H. The summed E-state index contributed by atoms with van der Waals surface area (Å²) in [5.41, 5.74) is 1.28. The Morgan fingerprint density at radius 1 is 1.18 bits per heavy atom. The highest BCUT2D eigenvalue weighted by molar-refractivity contribution is 14.0. The summed E-state index contributed by atoms with van der Waals surface area (Å²) in [7, 11) is 1.80. The van der Waals surface area contributed by atoms with Crippen molar-refractivity contribution in [2.45, 2.75) is 45.7 Å². The van der Waals surface area contributed by atoms with E-state index in [-0.39, 0.29) is 24.0 Å². The topological polar surface area (TPSA) is 70.4 Å². The van der Waals surface area contributed by atoms with Crippen molar-refractivity contribution in [2.75, 3.05) is 31.6 Å². The Kier molecular flexibility index (Phi) is 9.52. The minimum atomic E-state index is 0. The van der Waals surface area contributed by atoms with Gasteiger partial charge in [-0.15, -0.1) is 34.2 Å². The molecule has 0 aliphatic carbocycles. The number of hydrogen-bond donors (Lipinski definition) is 2. The van der Waals surface area contributed by atoms with Crippen LogP contribution in [0, 0.1) is 0 Å². The number of rotatable bonds is 8. The molecule has 8 heteroatoms. The van der Waals surface area contributed by atoms with Gasteiger partial charge in [-0.3, -0.25) is 4.99 Å². The molecule has 0 fully saturated rings. The van der Waals surface area contributed by atoms with Crippen molar-refractivity contribution in [3.63, 3.8) is 0 Å². The van der Waals surface area contributed by atoms with Gasteiger partial charge in [-0.25, -0.2) is 0 Å². The second-order valence-corrected chi connectivity index (χ2v) is 6.76. The van der Waals surface area contributed by atoms with Crippen LogP contribution < -0.4 is 15.5 Å². The molecule has 0 atom stereocenters. The molecule has 2 aromatic rings. The van der Waals surface area contributed by atoms with Crippen LogP contribution in [0.15, 0.2) is 35.3 Å². The maximum Gasteiger partial charge on any atom is 0.191 e. The van der Waals surface area contributed by atoms with E-state index in [1.807, 2.05) is 0 Å². The lowest BCUT2D eigenvalue weighted by Crippen LogP contribution is -2.39. The van der Waals surface area contributed by atoms with E-state index in [2.05, 4.69) is 72.5 Å². The summed E-state index contributed by atoms with van der Waals surface area (Å²) < 4.78 is 2.24. The number of nitrogens with one attached hydrogen (secondary N) is 2. The monoisotopic (exact) mass is 497 g/mol. The van der Waals surface area contributed by atoms with Crippen molar-refractivity contribution in [1.82, 2.24) is 25.4 Å². The number of aromatic nitrogens is 3. The molecule has 2 N–H and O–H groups in total. The highest BCUT2D eigenvalue weighted by atomic mass is 127. The Hall–Kier alpha value is -1.84. The van der Waals surface area contributed by atoms with Gasteiger partial charge in [-0.05, 0) is 38.3 Å². The van der Waals surface area contributed by atoms with E-state index < -0.39 is 0 Å². The lowest BCUT2D eigenvalue weighted by atomic mass is 10.2. The molecule has 0 saturated heterocycles. The third kappa shape index (κ3) is 6.08. The Balaban J connectivity index is 0.00000280. The van der Waals surface area contributed by atoms with Crippen molar-refractivity contribution in [1.29, 1.82) is 0 Å². The van der Waals surface area contributed by atoms with Gasteiger partial charge in [0.1, 0.15) is 5.82 Å². The minimum Gasteiger partial charge on any atom is -0.372 e. The molecule has 0 radical (unpaired) electrons. The lowest BCUT2D eigenvalue weighted by Gasteiger charge is -2.23. The Bertz CT molecular complexity index is 729. The van der Waals surface area contributed by atoms with Crippen LogP contribution in [-0.4, -0.2) is 47.4 Å². The maximum atomic E-state index is 4.33. The molecule has 0 unspecified atom stereocenters. The number of fused-ring (bicyclic) bond motifs is 1. The Morgan fingerprint density at radius 3 is 2.75 bits per heavy atom. The molecule has 0 amide bonds. The molecule has 0 bridgehead atoms. The molecule has 1 aromatic carbocycles. The Labute approximate surface area is 185 Å². The lowest BCUT2D eigenvalue weighted by molar-refractivity contribution is 0.504. The number of aryl methyl sites for hydroxylation is 1. The third-order valence-corrected chi connectivity index (χ3v) is 4.97. The molecule has 154 valence electrons. The average molecular weight is 497 g/mol. The van der Waals surface area contributed by atoms with E-state index in [9.17, 15) is 0 Å². The summed E-state index contributed by atoms with van der Waals surface area (Å²) in [6.07, 6.45) is 4.51. The Morgan fingerprint density at radius 2 is 2.00 bits per heavy atom. The summed E-state index contributed by atoms with van der Waals surface area (Å²) in [6, 6.07) is 10.6. The van der Waals surface area contributed by atoms with Crippen molar-refractivity contribution in [3.05, 3.63) is 42.0 Å². The van der Waals surface area contributed by atoms with Gasteiger partial charge < -0.3 is 20.1 Å². The number of halogens is 1. The smallest absolute Gasteiger partial charge is 0.191 e. The number of nitrogens with zero attached hydrogens (tertiary/aromatic N) is 5. The van der Waals surface area contributed by atoms with Gasteiger partial charge in [0.15, 0.2) is 11.8 Å². The summed E-state index contributed by atoms with van der Waals surface area (Å²) in [6.45, 7) is 6.77. The number of guanidine groups is 1. The number of anilines is 1. The number of para-hydroxylation sites is 1. The molecule has 0 spiro atoms. The van der Waals surface area contributed by atoms with Gasteiger partial charge >= 0.3 is 0 Å². The van der Waals surface area contributed by atoms with Gasteiger partial charge in [0.2, 0.25) is 0 Å². The van der Waals surface area contributed by atoms with Gasteiger partial charge in [-0.2, -0.15) is 0 Å². The number of hydrogen-bond acceptors (Lipinski definition) is 4. The van der Waals surface area contributed by atoms with Crippen molar-refractivity contribution in [3.8, 4) is 0 Å². The van der Waals surface area contributed by atoms with Crippen LogP contribution in [0.3, 0.4) is 0 Å². The predicted molar refractivity (Wildman–Crippen MR) is 126 cm³/mol. The predicted octanol–water partition coefficient (Wildman–Crippen LogP) is 2.81. The van der Waals surface area contributed by atoms with E-state index in [0.29, 0.717) is 6.54 Å². The average Bonchev–Trinajstić information content (AvgIpc) is 3.14. The molecule has 0 saturated carbocycles. The van der Waals surface area contributed by atoms with Crippen molar-refractivity contribution in [2.24, 2.45) is 4.99 Å². The van der Waals surface area contributed by atoms with Gasteiger partial charge in [0.05, 0.1) is 6.54 Å². The molecule has 7 nitrogen and oxygen atoms in total. The van der Waals surface area contributed by atoms with Crippen LogP contribution in [0.1, 0.15) is 37.8 Å². The van der Waals surface area contributed by atoms with E-state index in [1.54, 1.807) is 7.05 Å². The van der Waals surface area contributed by atoms with Gasteiger partial charge in [0, 0.05) is 45.3 Å². The van der Waals surface area contributed by atoms with E-state index >= 15 is 0 Å². The van der Waals surface area contributed by atoms with Crippen LogP contribution in [0.2, 0.25) is 0 Å². The zero-order valence-electron chi connectivity index (χ0n) is 16.9. The molecule has 3 rings (SSSR count). The van der Waals surface area contributed by atoms with Crippen LogP contribution >= 0.6 is 24.0 Å². The molecular formula is C20H32IN7. The van der Waals surface area contributed by atoms with Gasteiger partial charge in [-0.1, -0.05) is 18.2 Å². The van der Waals surface area contributed by atoms with Crippen molar-refractivity contribution < 1.29 is 0 Å². The fourth-order valence-electron chi connectivity index (χ4n) is 3.47. The summed E-state index contributed by atoms with van der Waals surface area (Å²) in [4.78, 5) is 6.71. The number of aliphatic imine (C=N–C) groups is 1. The summed E-state index contributed by atoms with van der Waals surface area (Å²) in [5.74, 6) is 2.92. The molecular weight excluding hydrogens is 465 g/mol. The third-order valence-electron chi connectivity index (χ3n) is 4.97. The second kappa shape index (κ2) is 11.9. The first-order chi connectivity index (χ1) is 13.3. The summed E-state index contributed by atoms with van der Waals surface area (Å²) in [5, 5.41) is 15.4. The highest BCUT2D eigenvalue weighted by Gasteiger charge is 2.15. The fraction of sp³-hybridized carbons (Fsp3) is 0.550. The zero-order chi connectivity index (χ0) is 18.9. The highest BCUT2D eigenvalue weighted by Crippen LogP contribution is 2.14. The fourth-order valence-corrected chi connectivity index (χ4v) is 3.47.